The van der Waals surface area contributed by atoms with E-state index in [-0.39, 0.29) is 106 Å². The minimum atomic E-state index is -5.25. The third kappa shape index (κ3) is 12.7. The summed E-state index contributed by atoms with van der Waals surface area (Å²) >= 11 is 1.06. The van der Waals surface area contributed by atoms with Crippen molar-refractivity contribution in [3.8, 4) is 23.4 Å². The summed E-state index contributed by atoms with van der Waals surface area (Å²) < 4.78 is 141. The van der Waals surface area contributed by atoms with Crippen LogP contribution in [0.3, 0.4) is 0 Å². The number of fused-ring (bicyclic) bond motifs is 5. The number of aryl methyl sites for hydroxylation is 2. The maximum absolute atomic E-state index is 13.1. The van der Waals surface area contributed by atoms with Crippen LogP contribution in [0.1, 0.15) is 28.7 Å². The minimum absolute atomic E-state index is 0.0115. The van der Waals surface area contributed by atoms with Gasteiger partial charge in [0.25, 0.3) is 40.5 Å². The van der Waals surface area contributed by atoms with Crippen LogP contribution in [0.2, 0.25) is 0 Å². The Morgan fingerprint density at radius 2 is 1.39 bits per heavy atom. The van der Waals surface area contributed by atoms with Gasteiger partial charge in [0.2, 0.25) is 11.0 Å². The van der Waals surface area contributed by atoms with Gasteiger partial charge in [0.1, 0.15) is 44.2 Å². The molecule has 7 N–H and O–H groups in total. The fraction of sp³-hybridized carbons (Fsp3) is 0.167. The molecule has 34 heteroatoms. The molecular weight excluding hydrogens is 1120 g/mol. The molecule has 8 aromatic rings. The predicted octanol–water partition coefficient (Wildman–Crippen LogP) is 9.79. The smallest absolute Gasteiger partial charge is 0.297 e. The summed E-state index contributed by atoms with van der Waals surface area (Å²) in [4.78, 5) is 7.24. The van der Waals surface area contributed by atoms with Gasteiger partial charge in [-0.3, -0.25) is 22.6 Å². The lowest BCUT2D eigenvalue weighted by atomic mass is 10.1. The zero-order valence-electron chi connectivity index (χ0n) is 39.0. The first-order valence-electron chi connectivity index (χ1n) is 20.8. The Balaban J connectivity index is 0.00000160. The molecule has 0 saturated heterocycles. The summed E-state index contributed by atoms with van der Waals surface area (Å²) in [7, 11) is -17.9. The van der Waals surface area contributed by atoms with Crippen LogP contribution in [0.25, 0.3) is 37.7 Å². The van der Waals surface area contributed by atoms with Crippen LogP contribution in [0, 0.1) is 32.1 Å². The fourth-order valence-corrected chi connectivity index (χ4v) is 11.2. The molecular formula is C42H36N10O18S6. The highest BCUT2D eigenvalue weighted by Crippen LogP contribution is 2.49. The number of phenols is 1. The molecule has 0 bridgehead atoms. The Labute approximate surface area is 437 Å². The number of aromatic hydroxyl groups is 2. The molecule has 0 fully saturated rings. The second-order valence-electron chi connectivity index (χ2n) is 15.8. The van der Waals surface area contributed by atoms with Crippen LogP contribution in [0.4, 0.5) is 33.6 Å². The van der Waals surface area contributed by atoms with E-state index in [2.05, 4.69) is 50.0 Å². The van der Waals surface area contributed by atoms with Gasteiger partial charge in [0, 0.05) is 22.4 Å². The van der Waals surface area contributed by atoms with E-state index in [4.69, 9.17) is 14.5 Å². The molecule has 28 nitrogen and oxygen atoms in total. The molecule has 8 rings (SSSR count). The van der Waals surface area contributed by atoms with Gasteiger partial charge in [0.05, 0.1) is 62.5 Å². The molecule has 0 amide bonds. The summed E-state index contributed by atoms with van der Waals surface area (Å²) in [6.45, 7) is 4.26. The standard InChI is InChI=1S/C41H32N10O15S5.CH4O3S/c1-19-9-11-26-36(37(19)70(58,59)60)67-41(44-26)50-46-28-17-31(64-13-6-14-69(55,56)57)29(15-20(28)2)47-49-34-32(68-66-65-54)16-23-22(35(34)52)10-12-27(38(23)71(61,62)63)45-48-33-21(3)24(18-42)39-43-25-7-4-5-8-30(25)51(39)40(33)53;1-5(2,3)4/h4-5,7-12,15-17,52-54H,6,13-14H2,1-3H3,(H,55,56,57)(H,58,59,60)(H,61,62,63);1H3,(H,2,3,4). The highest BCUT2D eigenvalue weighted by Gasteiger charge is 2.27. The van der Waals surface area contributed by atoms with Gasteiger partial charge in [-0.2, -0.15) is 38.9 Å². The summed E-state index contributed by atoms with van der Waals surface area (Å²) in [5, 5.41) is 70.3. The van der Waals surface area contributed by atoms with Gasteiger partial charge in [-0.15, -0.1) is 35.0 Å². The number of nitriles is 1. The van der Waals surface area contributed by atoms with Crippen LogP contribution in [-0.4, -0.2) is 100 Å². The summed E-state index contributed by atoms with van der Waals surface area (Å²) in [6, 6.07) is 17.9. The number of hydrogen-bond donors (Lipinski definition) is 7. The number of imidazole rings is 1. The lowest BCUT2D eigenvalue weighted by molar-refractivity contribution is -0.432. The third-order valence-corrected chi connectivity index (χ3v) is 14.9. The molecule has 0 saturated carbocycles. The third-order valence-electron chi connectivity index (χ3n) is 10.4. The molecule has 398 valence electrons. The molecule has 0 atom stereocenters. The molecule has 5 aromatic carbocycles. The Hall–Kier alpha value is -7.24. The summed E-state index contributed by atoms with van der Waals surface area (Å²) in [5.41, 5.74) is 0.978. The van der Waals surface area contributed by atoms with Crippen molar-refractivity contribution in [2.45, 2.75) is 41.9 Å². The number of pyridine rings is 1. The van der Waals surface area contributed by atoms with E-state index in [0.29, 0.717) is 22.9 Å². The highest BCUT2D eigenvalue weighted by molar-refractivity contribution is 7.94. The molecule has 0 aliphatic heterocycles. The van der Waals surface area contributed by atoms with Gasteiger partial charge in [-0.1, -0.05) is 34.6 Å². The van der Waals surface area contributed by atoms with Gasteiger partial charge >= 0.3 is 0 Å². The molecule has 0 spiro atoms. The van der Waals surface area contributed by atoms with Crippen molar-refractivity contribution < 1.29 is 81.5 Å². The van der Waals surface area contributed by atoms with E-state index in [1.54, 1.807) is 37.3 Å². The number of thiazole rings is 1. The molecule has 76 heavy (non-hydrogen) atoms. The number of phenolic OH excluding ortho intramolecular Hbond substituents is 1. The number of hydrogen-bond acceptors (Lipinski definition) is 25. The number of aromatic nitrogens is 3. The van der Waals surface area contributed by atoms with E-state index in [1.807, 2.05) is 6.07 Å². The van der Waals surface area contributed by atoms with Crippen molar-refractivity contribution >= 4 is 135 Å². The maximum atomic E-state index is 13.1. The number of benzene rings is 5. The Morgan fingerprint density at radius 3 is 2.05 bits per heavy atom. The first-order chi connectivity index (χ1) is 35.6. The number of azo groups is 3. The van der Waals surface area contributed by atoms with E-state index < -0.39 is 74.1 Å². The predicted molar refractivity (Wildman–Crippen MR) is 272 cm³/mol. The van der Waals surface area contributed by atoms with Gasteiger partial charge in [0.15, 0.2) is 17.1 Å². The van der Waals surface area contributed by atoms with Crippen LogP contribution < -0.4 is 4.74 Å². The summed E-state index contributed by atoms with van der Waals surface area (Å²) in [6.07, 6.45) is 0.523. The largest absolute Gasteiger partial charge is 0.505 e. The van der Waals surface area contributed by atoms with Crippen LogP contribution in [0.5, 0.6) is 17.4 Å². The quantitative estimate of drug-likeness (QED) is 0.0118. The van der Waals surface area contributed by atoms with Crippen LogP contribution in [0.15, 0.2) is 112 Å². The first kappa shape index (κ1) is 56.5. The molecule has 3 heterocycles. The second kappa shape index (κ2) is 22.2. The number of ether oxygens (including phenoxy) is 1. The van der Waals surface area contributed by atoms with Crippen molar-refractivity contribution in [1.82, 2.24) is 14.4 Å². The molecule has 0 aliphatic carbocycles. The molecule has 0 unspecified atom stereocenters. The highest BCUT2D eigenvalue weighted by atomic mass is 32.2. The summed E-state index contributed by atoms with van der Waals surface area (Å²) in [5.74, 6) is -2.00. The Kier molecular flexibility index (Phi) is 16.5. The van der Waals surface area contributed by atoms with Crippen molar-refractivity contribution in [2.24, 2.45) is 30.7 Å². The lowest BCUT2D eigenvalue weighted by Gasteiger charge is -2.13. The van der Waals surface area contributed by atoms with Crippen LogP contribution in [-0.2, 0) is 49.8 Å². The monoisotopic (exact) mass is 1160 g/mol. The van der Waals surface area contributed by atoms with Crippen molar-refractivity contribution in [1.29, 1.82) is 5.26 Å². The maximum Gasteiger partial charge on any atom is 0.297 e. The van der Waals surface area contributed by atoms with Crippen molar-refractivity contribution in [2.75, 3.05) is 18.6 Å². The van der Waals surface area contributed by atoms with E-state index in [1.165, 1.54) is 42.5 Å². The zero-order valence-corrected chi connectivity index (χ0v) is 43.9. The minimum Gasteiger partial charge on any atom is -0.505 e. The Bertz CT molecular complexity index is 4270. The van der Waals surface area contributed by atoms with Crippen LogP contribution >= 0.6 is 23.4 Å². The number of nitrogens with zero attached hydrogens (tertiary/aromatic N) is 10. The number of para-hydroxylation sites is 2. The van der Waals surface area contributed by atoms with E-state index in [0.717, 1.165) is 23.5 Å². The second-order valence-corrected chi connectivity index (χ2v) is 23.3. The van der Waals surface area contributed by atoms with E-state index in [9.17, 15) is 62.8 Å². The lowest BCUT2D eigenvalue weighted by Crippen LogP contribution is -2.08. The molecule has 0 aliphatic rings. The van der Waals surface area contributed by atoms with Crippen molar-refractivity contribution in [3.05, 3.63) is 89.0 Å². The average molecular weight is 1160 g/mol. The fourth-order valence-electron chi connectivity index (χ4n) is 7.27. The topological polar surface area (TPSA) is 434 Å². The Morgan fingerprint density at radius 1 is 0.737 bits per heavy atom. The van der Waals surface area contributed by atoms with E-state index >= 15 is 0 Å². The molecule has 0 radical (unpaired) electrons. The average Bonchev–Trinajstić information content (AvgIpc) is 3.94. The first-order valence-corrected chi connectivity index (χ1v) is 28.7. The normalized spacial score (nSPS) is 12.7. The number of rotatable bonds is 16. The van der Waals surface area contributed by atoms with Gasteiger partial charge in [-0.25, -0.2) is 15.2 Å². The van der Waals surface area contributed by atoms with Gasteiger partial charge in [-0.05, 0) is 80.8 Å². The van der Waals surface area contributed by atoms with Crippen molar-refractivity contribution in [3.63, 3.8) is 0 Å². The molecule has 3 aromatic heterocycles. The SMILES string of the molecule is CS(=O)(=O)O.Cc1cc(N=Nc2c(SOOO)cc3c(S(=O)(=O)O)c(N=Nc4c(C)c(C#N)c5nc6ccccc6n5c4O)ccc3c2O)c(OCCCS(=O)(=O)O)cc1N=Nc1nc2ccc(C)c(S(=O)(=O)O)c2s1. The zero-order chi connectivity index (χ0) is 55.7. The van der Waals surface area contributed by atoms with Gasteiger partial charge < -0.3 is 14.9 Å².